The standard InChI is InChI=1S/C20H23N3O2/c24-20(19-7-4-10-25-19)22-18-12-21-11-16-14-23(9-8-17(16)18)13-15-5-2-1-3-6-15/h1-3,5-6,11-12,19H,4,7-10,13-14H2,(H,22,24). The summed E-state index contributed by atoms with van der Waals surface area (Å²) in [6, 6.07) is 10.5. The maximum absolute atomic E-state index is 12.3. The minimum atomic E-state index is -0.311. The molecule has 5 nitrogen and oxygen atoms in total. The van der Waals surface area contributed by atoms with E-state index in [0.717, 1.165) is 44.6 Å². The minimum absolute atomic E-state index is 0.0422. The molecule has 1 amide bonds. The Bertz CT molecular complexity index is 742. The lowest BCUT2D eigenvalue weighted by atomic mass is 9.99. The maximum Gasteiger partial charge on any atom is 0.253 e. The summed E-state index contributed by atoms with van der Waals surface area (Å²) in [6.07, 6.45) is 6.06. The zero-order valence-corrected chi connectivity index (χ0v) is 14.3. The first kappa shape index (κ1) is 16.2. The van der Waals surface area contributed by atoms with Gasteiger partial charge in [-0.3, -0.25) is 14.7 Å². The zero-order valence-electron chi connectivity index (χ0n) is 14.3. The Hall–Kier alpha value is -2.24. The van der Waals surface area contributed by atoms with E-state index in [4.69, 9.17) is 4.74 Å². The summed E-state index contributed by atoms with van der Waals surface area (Å²) in [5, 5.41) is 3.03. The zero-order chi connectivity index (χ0) is 17.1. The number of nitrogens with one attached hydrogen (secondary N) is 1. The minimum Gasteiger partial charge on any atom is -0.368 e. The third-order valence-electron chi connectivity index (χ3n) is 4.95. The highest BCUT2D eigenvalue weighted by Gasteiger charge is 2.26. The molecule has 0 saturated carbocycles. The van der Waals surface area contributed by atoms with Gasteiger partial charge in [-0.2, -0.15) is 0 Å². The molecular formula is C20H23N3O2. The average molecular weight is 337 g/mol. The van der Waals surface area contributed by atoms with Crippen molar-refractivity contribution in [2.24, 2.45) is 0 Å². The van der Waals surface area contributed by atoms with Crippen molar-refractivity contribution in [2.45, 2.75) is 38.5 Å². The van der Waals surface area contributed by atoms with Gasteiger partial charge in [0.1, 0.15) is 6.10 Å². The topological polar surface area (TPSA) is 54.5 Å². The van der Waals surface area contributed by atoms with E-state index in [1.54, 1.807) is 6.20 Å². The van der Waals surface area contributed by atoms with Crippen LogP contribution in [0.15, 0.2) is 42.7 Å². The highest BCUT2D eigenvalue weighted by Crippen LogP contribution is 2.26. The molecule has 0 bridgehead atoms. The van der Waals surface area contributed by atoms with Crippen LogP contribution >= 0.6 is 0 Å². The Morgan fingerprint density at radius 3 is 2.96 bits per heavy atom. The van der Waals surface area contributed by atoms with Crippen LogP contribution in [-0.4, -0.2) is 35.0 Å². The van der Waals surface area contributed by atoms with Crippen LogP contribution in [0.2, 0.25) is 0 Å². The average Bonchev–Trinajstić information content (AvgIpc) is 3.17. The smallest absolute Gasteiger partial charge is 0.253 e. The van der Waals surface area contributed by atoms with Crippen LogP contribution in [0.1, 0.15) is 29.5 Å². The van der Waals surface area contributed by atoms with Gasteiger partial charge in [0.05, 0.1) is 11.9 Å². The molecule has 1 fully saturated rings. The highest BCUT2D eigenvalue weighted by atomic mass is 16.5. The van der Waals surface area contributed by atoms with Crippen molar-refractivity contribution in [1.82, 2.24) is 9.88 Å². The number of carbonyl (C=O) groups is 1. The molecule has 1 saturated heterocycles. The molecule has 2 aliphatic heterocycles. The molecule has 1 aromatic carbocycles. The van der Waals surface area contributed by atoms with Gasteiger partial charge < -0.3 is 10.1 Å². The molecule has 25 heavy (non-hydrogen) atoms. The van der Waals surface area contributed by atoms with Gasteiger partial charge in [0.25, 0.3) is 5.91 Å². The van der Waals surface area contributed by atoms with E-state index >= 15 is 0 Å². The van der Waals surface area contributed by atoms with Crippen molar-refractivity contribution in [2.75, 3.05) is 18.5 Å². The Morgan fingerprint density at radius 1 is 1.28 bits per heavy atom. The van der Waals surface area contributed by atoms with Crippen LogP contribution in [-0.2, 0) is 29.0 Å². The van der Waals surface area contributed by atoms with Crippen LogP contribution in [0.5, 0.6) is 0 Å². The first-order valence-electron chi connectivity index (χ1n) is 8.94. The molecule has 0 aliphatic carbocycles. The van der Waals surface area contributed by atoms with E-state index in [-0.39, 0.29) is 12.0 Å². The normalized spacial score (nSPS) is 20.2. The number of benzene rings is 1. The molecule has 1 atom stereocenters. The molecule has 2 aliphatic rings. The summed E-state index contributed by atoms with van der Waals surface area (Å²) in [5.74, 6) is -0.0422. The van der Waals surface area contributed by atoms with Gasteiger partial charge in [0.2, 0.25) is 0 Å². The molecule has 3 heterocycles. The molecule has 1 N–H and O–H groups in total. The number of nitrogens with zero attached hydrogens (tertiary/aromatic N) is 2. The fourth-order valence-electron chi connectivity index (χ4n) is 3.63. The Kier molecular flexibility index (Phi) is 4.76. The molecule has 1 aromatic heterocycles. The molecular weight excluding hydrogens is 314 g/mol. The lowest BCUT2D eigenvalue weighted by Crippen LogP contribution is -2.32. The summed E-state index contributed by atoms with van der Waals surface area (Å²) in [4.78, 5) is 19.1. The number of anilines is 1. The van der Waals surface area contributed by atoms with Crippen molar-refractivity contribution >= 4 is 11.6 Å². The van der Waals surface area contributed by atoms with Crippen LogP contribution in [0.25, 0.3) is 0 Å². The predicted octanol–water partition coefficient (Wildman–Crippen LogP) is 2.76. The first-order valence-corrected chi connectivity index (χ1v) is 8.94. The molecule has 1 unspecified atom stereocenters. The van der Waals surface area contributed by atoms with Crippen molar-refractivity contribution in [3.63, 3.8) is 0 Å². The second-order valence-electron chi connectivity index (χ2n) is 6.76. The van der Waals surface area contributed by atoms with Gasteiger partial charge in [-0.25, -0.2) is 0 Å². The van der Waals surface area contributed by atoms with Gasteiger partial charge in [-0.1, -0.05) is 30.3 Å². The summed E-state index contributed by atoms with van der Waals surface area (Å²) in [5.41, 5.74) is 4.58. The van der Waals surface area contributed by atoms with E-state index in [1.807, 2.05) is 12.3 Å². The van der Waals surface area contributed by atoms with E-state index in [9.17, 15) is 4.79 Å². The number of aromatic nitrogens is 1. The van der Waals surface area contributed by atoms with Gasteiger partial charge in [0, 0.05) is 32.4 Å². The van der Waals surface area contributed by atoms with Crippen LogP contribution in [0.4, 0.5) is 5.69 Å². The SMILES string of the molecule is O=C(Nc1cncc2c1CCN(Cc1ccccc1)C2)C1CCCO1. The van der Waals surface area contributed by atoms with Gasteiger partial charge >= 0.3 is 0 Å². The molecule has 4 rings (SSSR count). The van der Waals surface area contributed by atoms with E-state index in [2.05, 4.69) is 39.5 Å². The molecule has 130 valence electrons. The molecule has 5 heteroatoms. The fourth-order valence-corrected chi connectivity index (χ4v) is 3.63. The Morgan fingerprint density at radius 2 is 2.16 bits per heavy atom. The number of rotatable bonds is 4. The molecule has 0 spiro atoms. The predicted molar refractivity (Wildman–Crippen MR) is 96.1 cm³/mol. The van der Waals surface area contributed by atoms with Crippen molar-refractivity contribution in [1.29, 1.82) is 0 Å². The number of ether oxygens (including phenoxy) is 1. The number of hydrogen-bond acceptors (Lipinski definition) is 4. The van der Waals surface area contributed by atoms with Crippen LogP contribution < -0.4 is 5.32 Å². The van der Waals surface area contributed by atoms with E-state index in [0.29, 0.717) is 6.61 Å². The summed E-state index contributed by atoms with van der Waals surface area (Å²) < 4.78 is 5.47. The second kappa shape index (κ2) is 7.33. The number of pyridine rings is 1. The van der Waals surface area contributed by atoms with E-state index < -0.39 is 0 Å². The fraction of sp³-hybridized carbons (Fsp3) is 0.400. The molecule has 0 radical (unpaired) electrons. The number of amides is 1. The maximum atomic E-state index is 12.3. The van der Waals surface area contributed by atoms with Crippen molar-refractivity contribution in [3.8, 4) is 0 Å². The molecule has 2 aromatic rings. The lowest BCUT2D eigenvalue weighted by Gasteiger charge is -2.30. The van der Waals surface area contributed by atoms with Crippen molar-refractivity contribution in [3.05, 3.63) is 59.4 Å². The second-order valence-corrected chi connectivity index (χ2v) is 6.76. The Balaban J connectivity index is 1.45. The number of hydrogen-bond donors (Lipinski definition) is 1. The number of fused-ring (bicyclic) bond motifs is 1. The van der Waals surface area contributed by atoms with Gasteiger partial charge in [-0.05, 0) is 36.0 Å². The summed E-state index contributed by atoms with van der Waals surface area (Å²) in [6.45, 7) is 3.46. The summed E-state index contributed by atoms with van der Waals surface area (Å²) in [7, 11) is 0. The van der Waals surface area contributed by atoms with Crippen molar-refractivity contribution < 1.29 is 9.53 Å². The highest BCUT2D eigenvalue weighted by molar-refractivity contribution is 5.95. The van der Waals surface area contributed by atoms with Crippen LogP contribution in [0.3, 0.4) is 0 Å². The quantitative estimate of drug-likeness (QED) is 0.932. The third kappa shape index (κ3) is 3.72. The van der Waals surface area contributed by atoms with Crippen LogP contribution in [0, 0.1) is 0 Å². The van der Waals surface area contributed by atoms with Gasteiger partial charge in [-0.15, -0.1) is 0 Å². The van der Waals surface area contributed by atoms with E-state index in [1.165, 1.54) is 16.7 Å². The lowest BCUT2D eigenvalue weighted by molar-refractivity contribution is -0.124. The van der Waals surface area contributed by atoms with Gasteiger partial charge in [0.15, 0.2) is 0 Å². The first-order chi connectivity index (χ1) is 12.3. The monoisotopic (exact) mass is 337 g/mol. The number of carbonyl (C=O) groups excluding carboxylic acids is 1. The summed E-state index contributed by atoms with van der Waals surface area (Å²) >= 11 is 0. The largest absolute Gasteiger partial charge is 0.368 e. The third-order valence-corrected chi connectivity index (χ3v) is 4.95. The Labute approximate surface area is 148 Å².